The Hall–Kier alpha value is -2.18. The van der Waals surface area contributed by atoms with Crippen LogP contribution < -0.4 is 5.32 Å². The summed E-state index contributed by atoms with van der Waals surface area (Å²) < 4.78 is 6.67. The summed E-state index contributed by atoms with van der Waals surface area (Å²) in [6.45, 7) is 5.36. The quantitative estimate of drug-likeness (QED) is 0.809. The third-order valence-corrected chi connectivity index (χ3v) is 1.80. The molecule has 1 N–H and O–H groups in total. The van der Waals surface area contributed by atoms with Crippen molar-refractivity contribution in [1.82, 2.24) is 19.6 Å². The van der Waals surface area contributed by atoms with Gasteiger partial charge in [-0.1, -0.05) is 0 Å². The molecule has 0 saturated heterocycles. The molecule has 0 aromatic carbocycles. The molecule has 2 rings (SSSR count). The molecule has 7 heteroatoms. The summed E-state index contributed by atoms with van der Waals surface area (Å²) in [4.78, 5) is 15.5. The average molecular weight is 235 g/mol. The molecule has 2 aromatic rings. The van der Waals surface area contributed by atoms with Crippen LogP contribution in [-0.4, -0.2) is 31.3 Å². The van der Waals surface area contributed by atoms with E-state index in [9.17, 15) is 4.79 Å². The van der Waals surface area contributed by atoms with E-state index in [0.717, 1.165) is 0 Å². The summed E-state index contributed by atoms with van der Waals surface area (Å²) in [5, 5.41) is 10.1. The fourth-order valence-corrected chi connectivity index (χ4v) is 1.22. The monoisotopic (exact) mass is 235 g/mol. The highest BCUT2D eigenvalue weighted by molar-refractivity contribution is 5.82. The van der Waals surface area contributed by atoms with Crippen molar-refractivity contribution in [2.24, 2.45) is 0 Å². The highest BCUT2D eigenvalue weighted by Crippen LogP contribution is 2.10. The normalized spacial score (nSPS) is 11.5. The summed E-state index contributed by atoms with van der Waals surface area (Å²) >= 11 is 0. The number of hydrogen-bond acceptors (Lipinski definition) is 5. The molecule has 0 radical (unpaired) electrons. The van der Waals surface area contributed by atoms with Crippen LogP contribution >= 0.6 is 0 Å². The zero-order valence-electron chi connectivity index (χ0n) is 9.84. The number of fused-ring (bicyclic) bond motifs is 1. The molecular weight excluding hydrogens is 222 g/mol. The molecule has 0 aliphatic heterocycles. The zero-order chi connectivity index (χ0) is 12.5. The van der Waals surface area contributed by atoms with Crippen molar-refractivity contribution < 1.29 is 9.53 Å². The third kappa shape index (κ3) is 2.68. The van der Waals surface area contributed by atoms with Crippen molar-refractivity contribution in [3.8, 4) is 0 Å². The van der Waals surface area contributed by atoms with E-state index in [2.05, 4.69) is 20.5 Å². The van der Waals surface area contributed by atoms with Gasteiger partial charge in [-0.2, -0.15) is 0 Å². The molecule has 0 spiro atoms. The van der Waals surface area contributed by atoms with Crippen molar-refractivity contribution in [2.75, 3.05) is 5.32 Å². The largest absolute Gasteiger partial charge is 0.444 e. The van der Waals surface area contributed by atoms with Crippen molar-refractivity contribution >= 4 is 17.8 Å². The first-order chi connectivity index (χ1) is 7.96. The van der Waals surface area contributed by atoms with Gasteiger partial charge in [-0.05, 0) is 26.8 Å². The molecule has 90 valence electrons. The molecule has 0 aliphatic rings. The molecule has 0 atom stereocenters. The first-order valence-electron chi connectivity index (χ1n) is 5.11. The van der Waals surface area contributed by atoms with Crippen molar-refractivity contribution in [1.29, 1.82) is 0 Å². The predicted octanol–water partition coefficient (Wildman–Crippen LogP) is 1.47. The van der Waals surface area contributed by atoms with Crippen LogP contribution in [0.15, 0.2) is 18.5 Å². The van der Waals surface area contributed by atoms with Gasteiger partial charge in [0.05, 0.1) is 0 Å². The lowest BCUT2D eigenvalue weighted by molar-refractivity contribution is 0.0634. The van der Waals surface area contributed by atoms with Gasteiger partial charge < -0.3 is 4.74 Å². The Morgan fingerprint density at radius 3 is 2.88 bits per heavy atom. The lowest BCUT2D eigenvalue weighted by Gasteiger charge is -2.19. The van der Waals surface area contributed by atoms with E-state index >= 15 is 0 Å². The maximum atomic E-state index is 11.5. The summed E-state index contributed by atoms with van der Waals surface area (Å²) in [6.07, 6.45) is 2.73. The fourth-order valence-electron chi connectivity index (χ4n) is 1.22. The van der Waals surface area contributed by atoms with Gasteiger partial charge >= 0.3 is 6.09 Å². The standard InChI is InChI=1S/C10H13N5O2/c1-10(2,3)17-9(16)12-8-14-13-7-11-5-4-6-15(7)8/h4-6H,1-3H3,(H,12,14,16). The Balaban J connectivity index is 2.16. The zero-order valence-corrected chi connectivity index (χ0v) is 9.84. The molecule has 2 heterocycles. The summed E-state index contributed by atoms with van der Waals surface area (Å²) in [7, 11) is 0. The van der Waals surface area contributed by atoms with Crippen molar-refractivity contribution in [2.45, 2.75) is 26.4 Å². The molecule has 0 fully saturated rings. The molecule has 0 bridgehead atoms. The number of aromatic nitrogens is 4. The van der Waals surface area contributed by atoms with E-state index in [1.165, 1.54) is 0 Å². The highest BCUT2D eigenvalue weighted by atomic mass is 16.6. The highest BCUT2D eigenvalue weighted by Gasteiger charge is 2.18. The minimum atomic E-state index is -0.573. The number of nitrogens with one attached hydrogen (secondary N) is 1. The maximum Gasteiger partial charge on any atom is 0.414 e. The SMILES string of the molecule is CC(C)(C)OC(=O)Nc1nnc2ncccn12. The van der Waals surface area contributed by atoms with Crippen LogP contribution in [0.4, 0.5) is 10.7 Å². The van der Waals surface area contributed by atoms with Gasteiger partial charge in [-0.25, -0.2) is 9.78 Å². The number of ether oxygens (including phenoxy) is 1. The van der Waals surface area contributed by atoms with E-state index in [1.54, 1.807) is 43.6 Å². The molecule has 0 aliphatic carbocycles. The summed E-state index contributed by atoms with van der Waals surface area (Å²) in [5.74, 6) is 0.695. The van der Waals surface area contributed by atoms with Crippen LogP contribution in [-0.2, 0) is 4.74 Å². The summed E-state index contributed by atoms with van der Waals surface area (Å²) in [5.41, 5.74) is -0.553. The van der Waals surface area contributed by atoms with E-state index < -0.39 is 11.7 Å². The molecule has 1 amide bonds. The Labute approximate surface area is 97.8 Å². The third-order valence-electron chi connectivity index (χ3n) is 1.80. The first kappa shape index (κ1) is 11.3. The number of nitrogens with zero attached hydrogens (tertiary/aromatic N) is 4. The molecule has 2 aromatic heterocycles. The molecule has 0 saturated carbocycles. The Kier molecular flexibility index (Phi) is 2.66. The Morgan fingerprint density at radius 2 is 2.18 bits per heavy atom. The molecule has 0 unspecified atom stereocenters. The maximum absolute atomic E-state index is 11.5. The van der Waals surface area contributed by atoms with Crippen LogP contribution in [0.25, 0.3) is 5.78 Å². The minimum Gasteiger partial charge on any atom is -0.444 e. The lowest BCUT2D eigenvalue weighted by atomic mass is 10.2. The van der Waals surface area contributed by atoms with E-state index in [4.69, 9.17) is 4.74 Å². The molecule has 17 heavy (non-hydrogen) atoms. The molecule has 7 nitrogen and oxygen atoms in total. The van der Waals surface area contributed by atoms with Crippen LogP contribution in [0.5, 0.6) is 0 Å². The number of anilines is 1. The van der Waals surface area contributed by atoms with Gasteiger partial charge in [0.15, 0.2) is 0 Å². The predicted molar refractivity (Wildman–Crippen MR) is 60.6 cm³/mol. The first-order valence-corrected chi connectivity index (χ1v) is 5.11. The summed E-state index contributed by atoms with van der Waals surface area (Å²) in [6, 6.07) is 1.72. The minimum absolute atomic E-state index is 0.280. The van der Waals surface area contributed by atoms with Crippen molar-refractivity contribution in [3.05, 3.63) is 18.5 Å². The smallest absolute Gasteiger partial charge is 0.414 e. The van der Waals surface area contributed by atoms with Gasteiger partial charge in [0.2, 0.25) is 5.95 Å². The number of carbonyl (C=O) groups excluding carboxylic acids is 1. The lowest BCUT2D eigenvalue weighted by Crippen LogP contribution is -2.27. The molecular formula is C10H13N5O2. The number of carbonyl (C=O) groups is 1. The van der Waals surface area contributed by atoms with Crippen molar-refractivity contribution in [3.63, 3.8) is 0 Å². The Morgan fingerprint density at radius 1 is 1.41 bits per heavy atom. The topological polar surface area (TPSA) is 81.4 Å². The van der Waals surface area contributed by atoms with E-state index in [-0.39, 0.29) is 5.95 Å². The van der Waals surface area contributed by atoms with E-state index in [0.29, 0.717) is 5.78 Å². The van der Waals surface area contributed by atoms with Gasteiger partial charge in [0, 0.05) is 12.4 Å². The van der Waals surface area contributed by atoms with Crippen LogP contribution in [0.3, 0.4) is 0 Å². The van der Waals surface area contributed by atoms with Gasteiger partial charge in [-0.15, -0.1) is 10.2 Å². The Bertz CT molecular complexity index is 543. The number of hydrogen-bond donors (Lipinski definition) is 1. The van der Waals surface area contributed by atoms with Crippen LogP contribution in [0.1, 0.15) is 20.8 Å². The van der Waals surface area contributed by atoms with Crippen LogP contribution in [0.2, 0.25) is 0 Å². The average Bonchev–Trinajstić information content (AvgIpc) is 2.59. The van der Waals surface area contributed by atoms with E-state index in [1.807, 2.05) is 0 Å². The number of amides is 1. The van der Waals surface area contributed by atoms with Crippen LogP contribution in [0, 0.1) is 0 Å². The second-order valence-corrected chi connectivity index (χ2v) is 4.44. The second kappa shape index (κ2) is 4.00. The second-order valence-electron chi connectivity index (χ2n) is 4.44. The van der Waals surface area contributed by atoms with Gasteiger partial charge in [0.1, 0.15) is 5.60 Å². The number of rotatable bonds is 1. The van der Waals surface area contributed by atoms with Gasteiger partial charge in [0.25, 0.3) is 5.78 Å². The fraction of sp³-hybridized carbons (Fsp3) is 0.400. The van der Waals surface area contributed by atoms with Gasteiger partial charge in [-0.3, -0.25) is 9.72 Å².